The van der Waals surface area contributed by atoms with Crippen LogP contribution in [-0.4, -0.2) is 50.6 Å². The third-order valence-corrected chi connectivity index (χ3v) is 5.20. The first-order valence-corrected chi connectivity index (χ1v) is 8.49. The minimum atomic E-state index is -0.0325. The zero-order valence-corrected chi connectivity index (χ0v) is 13.7. The van der Waals surface area contributed by atoms with Gasteiger partial charge in [-0.05, 0) is 52.6 Å². The summed E-state index contributed by atoms with van der Waals surface area (Å²) in [7, 11) is 0. The molecule has 23 heavy (non-hydrogen) atoms. The van der Waals surface area contributed by atoms with E-state index in [-0.39, 0.29) is 5.91 Å². The number of nitrogens with one attached hydrogen (secondary N) is 1. The van der Waals surface area contributed by atoms with Crippen molar-refractivity contribution < 1.29 is 4.79 Å². The number of hydrogen-bond acceptors (Lipinski definition) is 4. The van der Waals surface area contributed by atoms with Gasteiger partial charge in [-0.15, -0.1) is 0 Å². The highest BCUT2D eigenvalue weighted by atomic mass is 16.1. The van der Waals surface area contributed by atoms with E-state index in [1.807, 2.05) is 19.9 Å². The minimum Gasteiger partial charge on any atom is -0.349 e. The maximum Gasteiger partial charge on any atom is 0.254 e. The molecule has 0 aromatic carbocycles. The Morgan fingerprint density at radius 3 is 2.74 bits per heavy atom. The van der Waals surface area contributed by atoms with E-state index >= 15 is 0 Å². The van der Waals surface area contributed by atoms with Crippen molar-refractivity contribution in [3.63, 3.8) is 0 Å². The van der Waals surface area contributed by atoms with Gasteiger partial charge >= 0.3 is 0 Å². The van der Waals surface area contributed by atoms with Gasteiger partial charge < -0.3 is 10.2 Å². The summed E-state index contributed by atoms with van der Waals surface area (Å²) in [4.78, 5) is 19.4. The van der Waals surface area contributed by atoms with Gasteiger partial charge in [0.2, 0.25) is 0 Å². The Balaban J connectivity index is 1.42. The van der Waals surface area contributed by atoms with Crippen LogP contribution in [0.1, 0.15) is 47.4 Å². The van der Waals surface area contributed by atoms with Gasteiger partial charge in [-0.25, -0.2) is 9.50 Å². The molecule has 2 aliphatic rings. The Morgan fingerprint density at radius 1 is 1.26 bits per heavy atom. The van der Waals surface area contributed by atoms with E-state index in [2.05, 4.69) is 20.3 Å². The van der Waals surface area contributed by atoms with E-state index in [4.69, 9.17) is 0 Å². The number of aromatic nitrogens is 3. The fourth-order valence-corrected chi connectivity index (χ4v) is 3.76. The highest BCUT2D eigenvalue weighted by Crippen LogP contribution is 2.28. The number of carbonyl (C=O) groups is 1. The number of likely N-dealkylation sites (tertiary alicyclic amines) is 1. The van der Waals surface area contributed by atoms with Gasteiger partial charge in [0.1, 0.15) is 0 Å². The highest BCUT2D eigenvalue weighted by molar-refractivity contribution is 5.95. The summed E-state index contributed by atoms with van der Waals surface area (Å²) in [5.41, 5.74) is 3.15. The van der Waals surface area contributed by atoms with Gasteiger partial charge in [-0.1, -0.05) is 0 Å². The zero-order chi connectivity index (χ0) is 16.0. The Morgan fingerprint density at radius 2 is 2.00 bits per heavy atom. The molecule has 1 aliphatic carbocycles. The van der Waals surface area contributed by atoms with Gasteiger partial charge in [-0.2, -0.15) is 5.10 Å². The molecule has 0 bridgehead atoms. The van der Waals surface area contributed by atoms with Crippen LogP contribution in [0.4, 0.5) is 0 Å². The molecule has 3 heterocycles. The number of hydrogen-bond donors (Lipinski definition) is 1. The van der Waals surface area contributed by atoms with Crippen LogP contribution in [-0.2, 0) is 0 Å². The molecule has 1 saturated carbocycles. The summed E-state index contributed by atoms with van der Waals surface area (Å²) < 4.78 is 1.75. The average Bonchev–Trinajstić information content (AvgIpc) is 3.11. The molecule has 122 valence electrons. The van der Waals surface area contributed by atoms with E-state index in [1.165, 1.54) is 25.9 Å². The summed E-state index contributed by atoms with van der Waals surface area (Å²) in [5.74, 6) is -0.0325. The number of fused-ring (bicyclic) bond motifs is 1. The van der Waals surface area contributed by atoms with Crippen molar-refractivity contribution in [2.45, 2.75) is 51.6 Å². The molecule has 0 radical (unpaired) electrons. The van der Waals surface area contributed by atoms with Crippen molar-refractivity contribution in [1.29, 1.82) is 0 Å². The van der Waals surface area contributed by atoms with Crippen molar-refractivity contribution in [2.24, 2.45) is 0 Å². The third-order valence-electron chi connectivity index (χ3n) is 5.20. The first-order chi connectivity index (χ1) is 11.1. The molecule has 6 heteroatoms. The Labute approximate surface area is 135 Å². The molecule has 1 N–H and O–H groups in total. The van der Waals surface area contributed by atoms with E-state index in [9.17, 15) is 4.79 Å². The summed E-state index contributed by atoms with van der Waals surface area (Å²) in [6.45, 7) is 6.30. The molecule has 0 unspecified atom stereocenters. The number of rotatable bonds is 3. The van der Waals surface area contributed by atoms with Crippen LogP contribution in [0.15, 0.2) is 12.3 Å². The maximum atomic E-state index is 12.5. The van der Waals surface area contributed by atoms with Crippen LogP contribution < -0.4 is 5.32 Å². The summed E-state index contributed by atoms with van der Waals surface area (Å²) in [5, 5.41) is 7.55. The fraction of sp³-hybridized carbons (Fsp3) is 0.588. The van der Waals surface area contributed by atoms with Gasteiger partial charge in [0.15, 0.2) is 5.65 Å². The quantitative estimate of drug-likeness (QED) is 0.937. The highest BCUT2D eigenvalue weighted by Gasteiger charge is 2.35. The largest absolute Gasteiger partial charge is 0.349 e. The van der Waals surface area contributed by atoms with Gasteiger partial charge in [0.25, 0.3) is 5.91 Å². The monoisotopic (exact) mass is 313 g/mol. The number of amides is 1. The van der Waals surface area contributed by atoms with Crippen molar-refractivity contribution >= 4 is 11.6 Å². The second kappa shape index (κ2) is 5.60. The SMILES string of the molecule is Cc1cc2ncc(C(=O)NC3CC(N4CCCC4)C3)c(C)n2n1. The fourth-order valence-electron chi connectivity index (χ4n) is 3.76. The van der Waals surface area contributed by atoms with Crippen LogP contribution in [0.3, 0.4) is 0 Å². The Hall–Kier alpha value is -1.95. The minimum absolute atomic E-state index is 0.0325. The molecule has 2 aromatic rings. The standard InChI is InChI=1S/C17H23N5O/c1-11-7-16-18-10-15(12(2)22(16)20-11)17(23)19-13-8-14(9-13)21-5-3-4-6-21/h7,10,13-14H,3-6,8-9H2,1-2H3,(H,19,23). The lowest BCUT2D eigenvalue weighted by atomic mass is 9.85. The molecule has 1 aliphatic heterocycles. The van der Waals surface area contributed by atoms with Crippen LogP contribution in [0.2, 0.25) is 0 Å². The molecular weight excluding hydrogens is 290 g/mol. The molecule has 4 rings (SSSR count). The third kappa shape index (κ3) is 2.61. The van der Waals surface area contributed by atoms with E-state index in [1.54, 1.807) is 10.7 Å². The first kappa shape index (κ1) is 14.6. The van der Waals surface area contributed by atoms with Gasteiger partial charge in [-0.3, -0.25) is 4.79 Å². The van der Waals surface area contributed by atoms with Crippen molar-refractivity contribution in [2.75, 3.05) is 13.1 Å². The van der Waals surface area contributed by atoms with Crippen LogP contribution in [0, 0.1) is 13.8 Å². The topological polar surface area (TPSA) is 62.5 Å². The van der Waals surface area contributed by atoms with E-state index < -0.39 is 0 Å². The zero-order valence-electron chi connectivity index (χ0n) is 13.7. The average molecular weight is 313 g/mol. The molecule has 0 spiro atoms. The van der Waals surface area contributed by atoms with Crippen molar-refractivity contribution in [3.05, 3.63) is 29.2 Å². The predicted octanol–water partition coefficient (Wildman–Crippen LogP) is 1.70. The number of nitrogens with zero attached hydrogens (tertiary/aromatic N) is 4. The lowest BCUT2D eigenvalue weighted by Crippen LogP contribution is -2.53. The lowest BCUT2D eigenvalue weighted by Gasteiger charge is -2.41. The van der Waals surface area contributed by atoms with Gasteiger partial charge in [0.05, 0.1) is 17.0 Å². The van der Waals surface area contributed by atoms with Crippen LogP contribution in [0.25, 0.3) is 5.65 Å². The summed E-state index contributed by atoms with van der Waals surface area (Å²) in [6.07, 6.45) is 6.45. The molecular formula is C17H23N5O. The van der Waals surface area contributed by atoms with Crippen LogP contribution in [0.5, 0.6) is 0 Å². The molecule has 2 aromatic heterocycles. The lowest BCUT2D eigenvalue weighted by molar-refractivity contribution is 0.0818. The summed E-state index contributed by atoms with van der Waals surface area (Å²) >= 11 is 0. The second-order valence-corrected chi connectivity index (χ2v) is 6.85. The number of aryl methyl sites for hydroxylation is 2. The Kier molecular flexibility index (Phi) is 3.56. The molecule has 2 fully saturated rings. The predicted molar refractivity (Wildman–Crippen MR) is 87.5 cm³/mol. The second-order valence-electron chi connectivity index (χ2n) is 6.85. The van der Waals surface area contributed by atoms with Gasteiger partial charge in [0, 0.05) is 24.3 Å². The Bertz CT molecular complexity index is 741. The summed E-state index contributed by atoms with van der Waals surface area (Å²) in [6, 6.07) is 2.88. The smallest absolute Gasteiger partial charge is 0.254 e. The van der Waals surface area contributed by atoms with Crippen molar-refractivity contribution in [1.82, 2.24) is 24.8 Å². The van der Waals surface area contributed by atoms with E-state index in [0.29, 0.717) is 17.6 Å². The van der Waals surface area contributed by atoms with Crippen molar-refractivity contribution in [3.8, 4) is 0 Å². The molecule has 1 amide bonds. The normalized spacial score (nSPS) is 24.8. The molecule has 0 atom stereocenters. The molecule has 6 nitrogen and oxygen atoms in total. The van der Waals surface area contributed by atoms with Crippen LogP contribution >= 0.6 is 0 Å². The first-order valence-electron chi connectivity index (χ1n) is 8.49. The number of carbonyl (C=O) groups excluding carboxylic acids is 1. The van der Waals surface area contributed by atoms with E-state index in [0.717, 1.165) is 29.9 Å². The maximum absolute atomic E-state index is 12.5. The molecule has 1 saturated heterocycles.